The Balaban J connectivity index is 2.28. The minimum atomic E-state index is -3.96. The van der Waals surface area contributed by atoms with Crippen LogP contribution in [0.4, 0.5) is 0 Å². The van der Waals surface area contributed by atoms with Crippen LogP contribution in [0.5, 0.6) is 0 Å². The van der Waals surface area contributed by atoms with Gasteiger partial charge >= 0.3 is 5.97 Å². The van der Waals surface area contributed by atoms with Crippen molar-refractivity contribution in [2.24, 2.45) is 11.1 Å². The van der Waals surface area contributed by atoms with E-state index in [-0.39, 0.29) is 13.1 Å². The summed E-state index contributed by atoms with van der Waals surface area (Å²) >= 11 is 0. The van der Waals surface area contributed by atoms with Gasteiger partial charge in [0.05, 0.1) is 5.41 Å². The molecule has 8 nitrogen and oxygen atoms in total. The minimum Gasteiger partial charge on any atom is -0.475 e. The van der Waals surface area contributed by atoms with Crippen molar-refractivity contribution in [3.8, 4) is 0 Å². The molecule has 1 fully saturated rings. The van der Waals surface area contributed by atoms with E-state index in [0.29, 0.717) is 6.42 Å². The van der Waals surface area contributed by atoms with Crippen LogP contribution in [0.2, 0.25) is 0 Å². The summed E-state index contributed by atoms with van der Waals surface area (Å²) in [5.41, 5.74) is 4.34. The molecule has 110 valence electrons. The van der Waals surface area contributed by atoms with Gasteiger partial charge in [0, 0.05) is 13.1 Å². The predicted molar refractivity (Wildman–Crippen MR) is 66.3 cm³/mol. The number of hydrogen-bond donors (Lipinski definition) is 2. The van der Waals surface area contributed by atoms with E-state index < -0.39 is 38.2 Å². The van der Waals surface area contributed by atoms with Crippen molar-refractivity contribution in [2.75, 3.05) is 13.1 Å². The molecule has 0 saturated carbocycles. The largest absolute Gasteiger partial charge is 0.475 e. The maximum absolute atomic E-state index is 12.3. The second kappa shape index (κ2) is 4.60. The van der Waals surface area contributed by atoms with Crippen LogP contribution < -0.4 is 5.73 Å². The normalized spacial score (nSPS) is 23.9. The number of nitrogens with two attached hydrogens (primary N) is 1. The Kier molecular flexibility index (Phi) is 3.34. The number of sulfonamides is 1. The van der Waals surface area contributed by atoms with Crippen molar-refractivity contribution < 1.29 is 27.5 Å². The Bertz CT molecular complexity index is 664. The van der Waals surface area contributed by atoms with Gasteiger partial charge in [0.2, 0.25) is 16.8 Å². The number of primary amides is 1. The molecule has 1 aliphatic rings. The zero-order valence-corrected chi connectivity index (χ0v) is 11.5. The number of carbonyl (C=O) groups is 2. The highest BCUT2D eigenvalue weighted by Gasteiger charge is 2.44. The first kappa shape index (κ1) is 14.5. The smallest absolute Gasteiger partial charge is 0.371 e. The van der Waals surface area contributed by atoms with Gasteiger partial charge in [0.1, 0.15) is 0 Å². The molecular weight excluding hydrogens is 288 g/mol. The summed E-state index contributed by atoms with van der Waals surface area (Å²) in [7, 11) is -3.96. The van der Waals surface area contributed by atoms with E-state index in [1.54, 1.807) is 6.92 Å². The fourth-order valence-corrected chi connectivity index (χ4v) is 3.50. The number of nitrogens with zero attached hydrogens (tertiary/aromatic N) is 1. The van der Waals surface area contributed by atoms with Gasteiger partial charge in [0.25, 0.3) is 10.0 Å². The van der Waals surface area contributed by atoms with Crippen molar-refractivity contribution in [3.63, 3.8) is 0 Å². The highest BCUT2D eigenvalue weighted by Crippen LogP contribution is 2.33. The summed E-state index contributed by atoms with van der Waals surface area (Å²) < 4.78 is 30.4. The van der Waals surface area contributed by atoms with Gasteiger partial charge in [-0.15, -0.1) is 0 Å². The molecule has 2 heterocycles. The monoisotopic (exact) mass is 302 g/mol. The molecule has 0 radical (unpaired) electrons. The highest BCUT2D eigenvalue weighted by molar-refractivity contribution is 7.89. The zero-order valence-electron chi connectivity index (χ0n) is 10.7. The van der Waals surface area contributed by atoms with Crippen LogP contribution in [-0.2, 0) is 14.8 Å². The first-order valence-electron chi connectivity index (χ1n) is 5.80. The maximum Gasteiger partial charge on any atom is 0.371 e. The lowest BCUT2D eigenvalue weighted by Gasteiger charge is -2.20. The number of rotatable bonds is 4. The molecule has 1 aromatic rings. The predicted octanol–water partition coefficient (Wildman–Crippen LogP) is -0.136. The van der Waals surface area contributed by atoms with E-state index in [0.717, 1.165) is 16.4 Å². The van der Waals surface area contributed by atoms with E-state index in [1.165, 1.54) is 0 Å². The Morgan fingerprint density at radius 2 is 2.10 bits per heavy atom. The standard InChI is InChI=1S/C11H14N2O6S/c1-11(10(12)16)4-5-13(6-11)20(17,18)8-3-2-7(19-8)9(14)15/h2-3H,4-6H2,1H3,(H2,12,16)(H,14,15). The lowest BCUT2D eigenvalue weighted by Crippen LogP contribution is -2.38. The van der Waals surface area contributed by atoms with E-state index in [1.807, 2.05) is 0 Å². The van der Waals surface area contributed by atoms with E-state index in [4.69, 9.17) is 15.3 Å². The van der Waals surface area contributed by atoms with E-state index >= 15 is 0 Å². The first-order chi connectivity index (χ1) is 9.17. The Morgan fingerprint density at radius 3 is 2.55 bits per heavy atom. The summed E-state index contributed by atoms with van der Waals surface area (Å²) in [6.07, 6.45) is 0.314. The van der Waals surface area contributed by atoms with Crippen molar-refractivity contribution in [1.82, 2.24) is 4.31 Å². The zero-order chi connectivity index (χ0) is 15.1. The lowest BCUT2D eigenvalue weighted by atomic mass is 9.89. The molecule has 1 atom stereocenters. The van der Waals surface area contributed by atoms with Crippen molar-refractivity contribution in [3.05, 3.63) is 17.9 Å². The SMILES string of the molecule is CC1(C(N)=O)CCN(S(=O)(=O)c2ccc(C(=O)O)o2)C1. The number of carboxylic acids is 1. The molecule has 1 amide bonds. The lowest BCUT2D eigenvalue weighted by molar-refractivity contribution is -0.126. The average molecular weight is 302 g/mol. The molecule has 1 unspecified atom stereocenters. The number of carboxylic acid groups (broad SMARTS) is 1. The fourth-order valence-electron chi connectivity index (χ4n) is 2.03. The van der Waals surface area contributed by atoms with Crippen LogP contribution in [0.3, 0.4) is 0 Å². The van der Waals surface area contributed by atoms with Crippen LogP contribution in [0.25, 0.3) is 0 Å². The quantitative estimate of drug-likeness (QED) is 0.796. The Hall–Kier alpha value is -1.87. The summed E-state index contributed by atoms with van der Waals surface area (Å²) in [6.45, 7) is 1.67. The summed E-state index contributed by atoms with van der Waals surface area (Å²) in [5, 5.41) is 8.27. The molecule has 2 rings (SSSR count). The Morgan fingerprint density at radius 1 is 1.45 bits per heavy atom. The molecule has 0 aliphatic carbocycles. The third-order valence-corrected chi connectivity index (χ3v) is 5.14. The molecule has 1 saturated heterocycles. The summed E-state index contributed by atoms with van der Waals surface area (Å²) in [4.78, 5) is 22.0. The fraction of sp³-hybridized carbons (Fsp3) is 0.455. The van der Waals surface area contributed by atoms with Gasteiger partial charge in [-0.2, -0.15) is 4.31 Å². The topological polar surface area (TPSA) is 131 Å². The average Bonchev–Trinajstić information content (AvgIpc) is 2.96. The summed E-state index contributed by atoms with van der Waals surface area (Å²) in [5.74, 6) is -2.38. The molecule has 0 spiro atoms. The first-order valence-corrected chi connectivity index (χ1v) is 7.24. The molecule has 0 bridgehead atoms. The van der Waals surface area contributed by atoms with Gasteiger partial charge in [-0.1, -0.05) is 0 Å². The molecule has 20 heavy (non-hydrogen) atoms. The van der Waals surface area contributed by atoms with E-state index in [2.05, 4.69) is 0 Å². The van der Waals surface area contributed by atoms with Crippen LogP contribution in [0.1, 0.15) is 23.9 Å². The van der Waals surface area contributed by atoms with E-state index in [9.17, 15) is 18.0 Å². The van der Waals surface area contributed by atoms with Gasteiger partial charge in [-0.3, -0.25) is 4.79 Å². The number of aromatic carboxylic acids is 1. The van der Waals surface area contributed by atoms with Crippen LogP contribution in [0, 0.1) is 5.41 Å². The Labute approximate surface area is 115 Å². The van der Waals surface area contributed by atoms with Crippen LogP contribution >= 0.6 is 0 Å². The number of carbonyl (C=O) groups excluding carboxylic acids is 1. The number of hydrogen-bond acceptors (Lipinski definition) is 5. The molecule has 9 heteroatoms. The van der Waals surface area contributed by atoms with Crippen molar-refractivity contribution in [1.29, 1.82) is 0 Å². The molecule has 1 aromatic heterocycles. The van der Waals surface area contributed by atoms with Gasteiger partial charge in [-0.25, -0.2) is 13.2 Å². The van der Waals surface area contributed by atoms with Gasteiger partial charge in [-0.05, 0) is 25.5 Å². The second-order valence-electron chi connectivity index (χ2n) is 4.94. The molecular formula is C11H14N2O6S. The van der Waals surface area contributed by atoms with Gasteiger partial charge < -0.3 is 15.3 Å². The summed E-state index contributed by atoms with van der Waals surface area (Å²) in [6, 6.07) is 2.15. The second-order valence-corrected chi connectivity index (χ2v) is 6.81. The van der Waals surface area contributed by atoms with Crippen LogP contribution in [0.15, 0.2) is 21.6 Å². The van der Waals surface area contributed by atoms with Crippen molar-refractivity contribution >= 4 is 21.9 Å². The maximum atomic E-state index is 12.3. The molecule has 0 aromatic carbocycles. The molecule has 1 aliphatic heterocycles. The third-order valence-electron chi connectivity index (χ3n) is 3.42. The number of amides is 1. The minimum absolute atomic E-state index is 0.0478. The van der Waals surface area contributed by atoms with Crippen LogP contribution in [-0.4, -0.2) is 42.8 Å². The van der Waals surface area contributed by atoms with Gasteiger partial charge in [0.15, 0.2) is 0 Å². The third kappa shape index (κ3) is 2.29. The van der Waals surface area contributed by atoms with Crippen molar-refractivity contribution in [2.45, 2.75) is 18.4 Å². The number of furan rings is 1. The molecule has 3 N–H and O–H groups in total. The highest BCUT2D eigenvalue weighted by atomic mass is 32.2.